The van der Waals surface area contributed by atoms with Gasteiger partial charge in [0, 0.05) is 11.8 Å². The monoisotopic (exact) mass is 332 g/mol. The third kappa shape index (κ3) is 3.44. The summed E-state index contributed by atoms with van der Waals surface area (Å²) >= 11 is 1.05. The lowest BCUT2D eigenvalue weighted by atomic mass is 10.3. The van der Waals surface area contributed by atoms with Crippen LogP contribution in [0, 0.1) is 0 Å². The summed E-state index contributed by atoms with van der Waals surface area (Å²) in [5, 5.41) is 0.0605. The molecule has 0 fully saturated rings. The number of anilines is 2. The second-order valence-corrected chi connectivity index (χ2v) is 6.23. The number of carbonyl (C=O) groups excluding carboxylic acids is 1. The molecule has 4 N–H and O–H groups in total. The molecule has 1 aromatic heterocycles. The molecule has 1 amide bonds. The summed E-state index contributed by atoms with van der Waals surface area (Å²) in [4.78, 5) is 15.0. The highest BCUT2D eigenvalue weighted by Gasteiger charge is 2.18. The molecule has 0 aliphatic carbocycles. The third-order valence-electron chi connectivity index (χ3n) is 2.33. The Hall–Kier alpha value is -2.27. The van der Waals surface area contributed by atoms with Gasteiger partial charge in [0.05, 0.1) is 18.9 Å². The molecule has 1 aromatic carbocycles. The summed E-state index contributed by atoms with van der Waals surface area (Å²) in [5.41, 5.74) is 6.64. The van der Waals surface area contributed by atoms with Crippen LogP contribution in [0.15, 0.2) is 12.1 Å². The van der Waals surface area contributed by atoms with Crippen molar-refractivity contribution in [2.45, 2.75) is 0 Å². The van der Waals surface area contributed by atoms with Crippen molar-refractivity contribution in [1.82, 2.24) is 9.71 Å². The number of nitrogen functional groups attached to an aromatic ring is 1. The first-order valence-electron chi connectivity index (χ1n) is 5.47. The highest BCUT2D eigenvalue weighted by Crippen LogP contribution is 2.34. The number of nitrogens with zero attached hydrogens (tertiary/aromatic N) is 1. The summed E-state index contributed by atoms with van der Waals surface area (Å²) < 4.78 is 37.1. The number of aromatic nitrogens is 1. The van der Waals surface area contributed by atoms with Crippen LogP contribution in [0.5, 0.6) is 5.75 Å². The molecule has 0 saturated carbocycles. The van der Waals surface area contributed by atoms with Gasteiger partial charge >= 0.3 is 16.3 Å². The van der Waals surface area contributed by atoms with E-state index in [4.69, 9.17) is 10.5 Å². The van der Waals surface area contributed by atoms with Crippen molar-refractivity contribution in [3.05, 3.63) is 12.1 Å². The Morgan fingerprint density at radius 2 is 2.10 bits per heavy atom. The van der Waals surface area contributed by atoms with Crippen LogP contribution in [0.4, 0.5) is 15.6 Å². The standard InChI is InChI=1S/C10H12N4O5S2/c1-18-6-3-5(11)4-7-8(6)12-9(20-7)13-21(16,17)14-10(15)19-2/h3-4H,11H2,1-2H3,(H,12,13)(H,14,15). The van der Waals surface area contributed by atoms with Crippen molar-refractivity contribution in [3.63, 3.8) is 0 Å². The van der Waals surface area contributed by atoms with E-state index in [0.717, 1.165) is 18.4 Å². The molecule has 2 rings (SSSR count). The number of nitrogens with two attached hydrogens (primary N) is 1. The molecular weight excluding hydrogens is 320 g/mol. The van der Waals surface area contributed by atoms with Crippen LogP contribution in [0.1, 0.15) is 0 Å². The van der Waals surface area contributed by atoms with Crippen LogP contribution in [0.3, 0.4) is 0 Å². The predicted octanol–water partition coefficient (Wildman–Crippen LogP) is 0.900. The maximum atomic E-state index is 11.7. The Kier molecular flexibility index (Phi) is 4.04. The molecule has 2 aromatic rings. The van der Waals surface area contributed by atoms with E-state index in [1.54, 1.807) is 16.9 Å². The number of nitrogens with one attached hydrogen (secondary N) is 2. The van der Waals surface area contributed by atoms with E-state index in [2.05, 4.69) is 14.4 Å². The van der Waals surface area contributed by atoms with Gasteiger partial charge in [0.25, 0.3) is 0 Å². The maximum Gasteiger partial charge on any atom is 0.422 e. The first-order chi connectivity index (χ1) is 9.84. The minimum atomic E-state index is -4.12. The first kappa shape index (κ1) is 15.1. The third-order valence-corrected chi connectivity index (χ3v) is 4.27. The van der Waals surface area contributed by atoms with Gasteiger partial charge in [-0.2, -0.15) is 8.42 Å². The van der Waals surface area contributed by atoms with Crippen molar-refractivity contribution in [2.24, 2.45) is 0 Å². The smallest absolute Gasteiger partial charge is 0.422 e. The fraction of sp³-hybridized carbons (Fsp3) is 0.200. The first-order valence-corrected chi connectivity index (χ1v) is 7.77. The lowest BCUT2D eigenvalue weighted by molar-refractivity contribution is 0.177. The molecule has 1 heterocycles. The van der Waals surface area contributed by atoms with Gasteiger partial charge in [0.2, 0.25) is 0 Å². The number of fused-ring (bicyclic) bond motifs is 1. The minimum absolute atomic E-state index is 0.0605. The Labute approximate surface area is 124 Å². The zero-order valence-electron chi connectivity index (χ0n) is 11.0. The number of hydrogen-bond donors (Lipinski definition) is 3. The SMILES string of the molecule is COC(=O)NS(=O)(=O)Nc1nc2c(OC)cc(N)cc2s1. The van der Waals surface area contributed by atoms with Crippen molar-refractivity contribution in [2.75, 3.05) is 24.7 Å². The minimum Gasteiger partial charge on any atom is -0.494 e. The zero-order chi connectivity index (χ0) is 15.6. The number of ether oxygens (including phenoxy) is 2. The highest BCUT2D eigenvalue weighted by molar-refractivity contribution is 7.91. The summed E-state index contributed by atoms with van der Waals surface area (Å²) in [5.74, 6) is 0.424. The maximum absolute atomic E-state index is 11.7. The molecule has 0 aliphatic rings. The number of hydrogen-bond acceptors (Lipinski definition) is 8. The molecule has 0 aliphatic heterocycles. The second kappa shape index (κ2) is 5.61. The lowest BCUT2D eigenvalue weighted by Crippen LogP contribution is -2.35. The van der Waals surface area contributed by atoms with Crippen LogP contribution in [0.2, 0.25) is 0 Å². The Balaban J connectivity index is 2.34. The van der Waals surface area contributed by atoms with Crippen molar-refractivity contribution in [1.29, 1.82) is 0 Å². The van der Waals surface area contributed by atoms with Crippen LogP contribution in [0.25, 0.3) is 10.2 Å². The van der Waals surface area contributed by atoms with Crippen LogP contribution >= 0.6 is 11.3 Å². The van der Waals surface area contributed by atoms with Crippen molar-refractivity contribution in [3.8, 4) is 5.75 Å². The van der Waals surface area contributed by atoms with E-state index in [-0.39, 0.29) is 5.13 Å². The summed E-state index contributed by atoms with van der Waals surface area (Å²) in [6, 6.07) is 3.22. The molecule has 0 radical (unpaired) electrons. The number of amides is 1. The second-order valence-electron chi connectivity index (χ2n) is 3.79. The molecule has 0 spiro atoms. The molecule has 0 unspecified atom stereocenters. The molecular formula is C10H12N4O5S2. The van der Waals surface area contributed by atoms with Crippen molar-refractivity contribution < 1.29 is 22.7 Å². The van der Waals surface area contributed by atoms with E-state index in [1.807, 2.05) is 0 Å². The number of methoxy groups -OCH3 is 2. The number of benzene rings is 1. The fourth-order valence-electron chi connectivity index (χ4n) is 1.51. The number of rotatable bonds is 4. The Morgan fingerprint density at radius 1 is 1.38 bits per heavy atom. The number of thiazole rings is 1. The van der Waals surface area contributed by atoms with Gasteiger partial charge in [-0.05, 0) is 6.07 Å². The average molecular weight is 332 g/mol. The highest BCUT2D eigenvalue weighted by atomic mass is 32.2. The molecule has 0 saturated heterocycles. The molecule has 11 heteroatoms. The van der Waals surface area contributed by atoms with Gasteiger partial charge in [-0.15, -0.1) is 0 Å². The molecule has 9 nitrogen and oxygen atoms in total. The predicted molar refractivity (Wildman–Crippen MR) is 78.7 cm³/mol. The van der Waals surface area contributed by atoms with Gasteiger partial charge < -0.3 is 15.2 Å². The molecule has 114 valence electrons. The zero-order valence-corrected chi connectivity index (χ0v) is 12.7. The van der Waals surface area contributed by atoms with Gasteiger partial charge in [0.1, 0.15) is 11.3 Å². The summed E-state index contributed by atoms with van der Waals surface area (Å²) in [6.07, 6.45) is -1.11. The topological polar surface area (TPSA) is 133 Å². The van der Waals surface area contributed by atoms with E-state index in [9.17, 15) is 13.2 Å². The van der Waals surface area contributed by atoms with Gasteiger partial charge in [-0.25, -0.2) is 19.2 Å². The molecule has 0 atom stereocenters. The van der Waals surface area contributed by atoms with E-state index >= 15 is 0 Å². The molecule has 21 heavy (non-hydrogen) atoms. The number of carbonyl (C=O) groups is 1. The normalized spacial score (nSPS) is 11.1. The van der Waals surface area contributed by atoms with Crippen LogP contribution in [-0.4, -0.2) is 33.7 Å². The van der Waals surface area contributed by atoms with Crippen LogP contribution < -0.4 is 19.9 Å². The van der Waals surface area contributed by atoms with Crippen molar-refractivity contribution >= 4 is 48.7 Å². The summed E-state index contributed by atoms with van der Waals surface area (Å²) in [6.45, 7) is 0. The largest absolute Gasteiger partial charge is 0.494 e. The molecule has 0 bridgehead atoms. The van der Waals surface area contributed by atoms with Gasteiger partial charge in [-0.1, -0.05) is 11.3 Å². The summed E-state index contributed by atoms with van der Waals surface area (Å²) in [7, 11) is -1.62. The van der Waals surface area contributed by atoms with Gasteiger partial charge in [-0.3, -0.25) is 0 Å². The van der Waals surface area contributed by atoms with E-state index in [0.29, 0.717) is 21.7 Å². The Morgan fingerprint density at radius 3 is 2.71 bits per heavy atom. The Bertz CT molecular complexity index is 786. The fourth-order valence-corrected chi connectivity index (χ4v) is 3.42. The van der Waals surface area contributed by atoms with Gasteiger partial charge in [0.15, 0.2) is 5.13 Å². The quantitative estimate of drug-likeness (QED) is 0.708. The van der Waals surface area contributed by atoms with E-state index < -0.39 is 16.3 Å². The average Bonchev–Trinajstić information content (AvgIpc) is 2.77. The van der Waals surface area contributed by atoms with Crippen LogP contribution in [-0.2, 0) is 14.9 Å². The van der Waals surface area contributed by atoms with E-state index in [1.165, 1.54) is 7.11 Å². The lowest BCUT2D eigenvalue weighted by Gasteiger charge is -2.05.